The molecule has 0 fully saturated rings. The Kier molecular flexibility index (Phi) is 3.72. The van der Waals surface area contributed by atoms with Crippen molar-refractivity contribution in [2.45, 2.75) is 0 Å². The number of anilines is 1. The molecule has 3 nitrogen and oxygen atoms in total. The van der Waals surface area contributed by atoms with E-state index in [4.69, 9.17) is 0 Å². The number of carbonyl (C=O) groups is 1. The summed E-state index contributed by atoms with van der Waals surface area (Å²) < 4.78 is 13.6. The number of hydrogen-bond acceptors (Lipinski definition) is 2. The van der Waals surface area contributed by atoms with Gasteiger partial charge in [-0.05, 0) is 36.4 Å². The van der Waals surface area contributed by atoms with Crippen LogP contribution < -0.4 is 4.90 Å². The topological polar surface area (TPSA) is 33.2 Å². The molecule has 1 aromatic carbocycles. The van der Waals surface area contributed by atoms with Crippen LogP contribution in [0.1, 0.15) is 10.4 Å². The Morgan fingerprint density at radius 1 is 1.28 bits per heavy atom. The maximum Gasteiger partial charge on any atom is 0.259 e. The molecule has 0 N–H and O–H groups in total. The Labute approximate surface area is 112 Å². The van der Waals surface area contributed by atoms with Gasteiger partial charge in [0, 0.05) is 23.3 Å². The third kappa shape index (κ3) is 2.73. The lowest BCUT2D eigenvalue weighted by atomic mass is 10.2. The number of benzene rings is 1. The fourth-order valence-corrected chi connectivity index (χ4v) is 1.79. The molecule has 0 aliphatic rings. The van der Waals surface area contributed by atoms with Gasteiger partial charge in [-0.25, -0.2) is 9.37 Å². The Hall–Kier alpha value is -1.75. The van der Waals surface area contributed by atoms with Crippen LogP contribution in [0.3, 0.4) is 0 Å². The second kappa shape index (κ2) is 5.27. The monoisotopic (exact) mass is 308 g/mol. The van der Waals surface area contributed by atoms with E-state index in [1.54, 1.807) is 25.4 Å². The first kappa shape index (κ1) is 12.7. The molecule has 1 aromatic heterocycles. The highest BCUT2D eigenvalue weighted by molar-refractivity contribution is 9.10. The highest BCUT2D eigenvalue weighted by Gasteiger charge is 2.14. The molecule has 0 spiro atoms. The quantitative estimate of drug-likeness (QED) is 0.853. The summed E-state index contributed by atoms with van der Waals surface area (Å²) in [4.78, 5) is 17.6. The van der Waals surface area contributed by atoms with E-state index in [0.29, 0.717) is 11.4 Å². The fourth-order valence-electron chi connectivity index (χ4n) is 1.47. The average Bonchev–Trinajstić information content (AvgIpc) is 2.38. The number of rotatable bonds is 2. The minimum atomic E-state index is -0.366. The van der Waals surface area contributed by atoms with Crippen molar-refractivity contribution in [3.05, 3.63) is 58.4 Å². The van der Waals surface area contributed by atoms with E-state index in [-0.39, 0.29) is 11.7 Å². The van der Waals surface area contributed by atoms with Crippen LogP contribution in [-0.4, -0.2) is 17.9 Å². The number of pyridine rings is 1. The van der Waals surface area contributed by atoms with E-state index in [0.717, 1.165) is 4.47 Å². The van der Waals surface area contributed by atoms with Crippen LogP contribution >= 0.6 is 15.9 Å². The Morgan fingerprint density at radius 3 is 2.56 bits per heavy atom. The number of nitrogens with zero attached hydrogens (tertiary/aromatic N) is 2. The molecule has 0 saturated carbocycles. The third-order valence-electron chi connectivity index (χ3n) is 2.45. The van der Waals surface area contributed by atoms with Crippen molar-refractivity contribution in [3.63, 3.8) is 0 Å². The predicted molar refractivity (Wildman–Crippen MR) is 71.1 cm³/mol. The number of halogens is 2. The van der Waals surface area contributed by atoms with E-state index >= 15 is 0 Å². The lowest BCUT2D eigenvalue weighted by Crippen LogP contribution is -2.27. The lowest BCUT2D eigenvalue weighted by Gasteiger charge is -2.16. The molecular weight excluding hydrogens is 299 g/mol. The van der Waals surface area contributed by atoms with Gasteiger partial charge in [-0.2, -0.15) is 0 Å². The number of carbonyl (C=O) groups excluding carboxylic acids is 1. The maximum absolute atomic E-state index is 12.8. The van der Waals surface area contributed by atoms with Gasteiger partial charge in [-0.1, -0.05) is 15.9 Å². The van der Waals surface area contributed by atoms with Crippen molar-refractivity contribution in [1.82, 2.24) is 4.98 Å². The van der Waals surface area contributed by atoms with Crippen molar-refractivity contribution in [3.8, 4) is 0 Å². The van der Waals surface area contributed by atoms with Crippen LogP contribution in [0.5, 0.6) is 0 Å². The van der Waals surface area contributed by atoms with Gasteiger partial charge in [0.15, 0.2) is 0 Å². The summed E-state index contributed by atoms with van der Waals surface area (Å²) >= 11 is 3.32. The van der Waals surface area contributed by atoms with Crippen molar-refractivity contribution < 1.29 is 9.18 Å². The van der Waals surface area contributed by atoms with Gasteiger partial charge < -0.3 is 0 Å². The molecule has 0 aliphatic carbocycles. The molecule has 0 bridgehead atoms. The Bertz CT molecular complexity index is 571. The predicted octanol–water partition coefficient (Wildman–Crippen LogP) is 3.26. The van der Waals surface area contributed by atoms with Crippen LogP contribution in [0.15, 0.2) is 47.1 Å². The number of amides is 1. The first-order chi connectivity index (χ1) is 8.58. The second-order valence-electron chi connectivity index (χ2n) is 3.70. The molecule has 1 heterocycles. The van der Waals surface area contributed by atoms with Crippen LogP contribution in [0.2, 0.25) is 0 Å². The minimum absolute atomic E-state index is 0.236. The summed E-state index contributed by atoms with van der Waals surface area (Å²) in [6.45, 7) is 0. The maximum atomic E-state index is 12.8. The fraction of sp³-hybridized carbons (Fsp3) is 0.0769. The van der Waals surface area contributed by atoms with Crippen molar-refractivity contribution in [2.75, 3.05) is 11.9 Å². The van der Waals surface area contributed by atoms with E-state index in [1.807, 2.05) is 0 Å². The second-order valence-corrected chi connectivity index (χ2v) is 4.62. The van der Waals surface area contributed by atoms with Gasteiger partial charge in [0.1, 0.15) is 11.6 Å². The van der Waals surface area contributed by atoms with E-state index < -0.39 is 0 Å². The molecule has 5 heteroatoms. The summed E-state index contributed by atoms with van der Waals surface area (Å²) in [5, 5.41) is 0. The largest absolute Gasteiger partial charge is 0.296 e. The first-order valence-corrected chi connectivity index (χ1v) is 6.02. The van der Waals surface area contributed by atoms with Gasteiger partial charge in [0.25, 0.3) is 5.91 Å². The van der Waals surface area contributed by atoms with E-state index in [2.05, 4.69) is 20.9 Å². The molecule has 0 unspecified atom stereocenters. The van der Waals surface area contributed by atoms with Crippen molar-refractivity contribution >= 4 is 27.7 Å². The summed E-state index contributed by atoms with van der Waals surface area (Å²) in [7, 11) is 1.63. The van der Waals surface area contributed by atoms with Gasteiger partial charge in [0.05, 0.1) is 0 Å². The Balaban J connectivity index is 2.26. The van der Waals surface area contributed by atoms with Crippen LogP contribution in [0.4, 0.5) is 10.2 Å². The highest BCUT2D eigenvalue weighted by atomic mass is 79.9. The van der Waals surface area contributed by atoms with Crippen molar-refractivity contribution in [2.24, 2.45) is 0 Å². The molecule has 18 heavy (non-hydrogen) atoms. The summed E-state index contributed by atoms with van der Waals surface area (Å²) in [5.74, 6) is -0.0749. The zero-order valence-corrected chi connectivity index (χ0v) is 11.2. The zero-order chi connectivity index (χ0) is 13.1. The molecule has 0 aliphatic heterocycles. The van der Waals surface area contributed by atoms with Gasteiger partial charge >= 0.3 is 0 Å². The van der Waals surface area contributed by atoms with Crippen LogP contribution in [-0.2, 0) is 0 Å². The molecule has 1 amide bonds. The SMILES string of the molecule is CN(C(=O)c1ccc(F)cc1)c1cc(Br)ccn1. The standard InChI is InChI=1S/C13H10BrFN2O/c1-17(12-8-10(14)6-7-16-12)13(18)9-2-4-11(15)5-3-9/h2-8H,1H3. The summed E-state index contributed by atoms with van der Waals surface area (Å²) in [5.41, 5.74) is 0.417. The number of hydrogen-bond donors (Lipinski definition) is 0. The lowest BCUT2D eigenvalue weighted by molar-refractivity contribution is 0.0992. The third-order valence-corrected chi connectivity index (χ3v) is 2.94. The van der Waals surface area contributed by atoms with Gasteiger partial charge in [0.2, 0.25) is 0 Å². The molecular formula is C13H10BrFN2O. The molecule has 0 saturated heterocycles. The number of aromatic nitrogens is 1. The highest BCUT2D eigenvalue weighted by Crippen LogP contribution is 2.17. The summed E-state index contributed by atoms with van der Waals surface area (Å²) in [6.07, 6.45) is 1.61. The Morgan fingerprint density at radius 2 is 1.94 bits per heavy atom. The molecule has 0 radical (unpaired) electrons. The zero-order valence-electron chi connectivity index (χ0n) is 9.60. The first-order valence-electron chi connectivity index (χ1n) is 5.23. The smallest absolute Gasteiger partial charge is 0.259 e. The minimum Gasteiger partial charge on any atom is -0.296 e. The average molecular weight is 309 g/mol. The molecule has 0 atom stereocenters. The summed E-state index contributed by atoms with van der Waals surface area (Å²) in [6, 6.07) is 8.93. The van der Waals surface area contributed by atoms with Gasteiger partial charge in [-0.3, -0.25) is 9.69 Å². The molecule has 2 rings (SSSR count). The normalized spacial score (nSPS) is 10.2. The van der Waals surface area contributed by atoms with E-state index in [1.165, 1.54) is 29.2 Å². The van der Waals surface area contributed by atoms with Gasteiger partial charge in [-0.15, -0.1) is 0 Å². The molecule has 2 aromatic rings. The van der Waals surface area contributed by atoms with Crippen LogP contribution in [0.25, 0.3) is 0 Å². The van der Waals surface area contributed by atoms with E-state index in [9.17, 15) is 9.18 Å². The van der Waals surface area contributed by atoms with Crippen molar-refractivity contribution in [1.29, 1.82) is 0 Å². The molecule has 92 valence electrons. The van der Waals surface area contributed by atoms with Crippen LogP contribution in [0, 0.1) is 5.82 Å².